The van der Waals surface area contributed by atoms with Crippen LogP contribution in [0.15, 0.2) is 29.0 Å². The second-order valence-corrected chi connectivity index (χ2v) is 4.98. The van der Waals surface area contributed by atoms with Crippen LogP contribution in [0.4, 0.5) is 0 Å². The van der Waals surface area contributed by atoms with Crippen LogP contribution < -0.4 is 9.47 Å². The summed E-state index contributed by atoms with van der Waals surface area (Å²) in [6.45, 7) is 2.69. The maximum Gasteiger partial charge on any atom is 0.176 e. The molecule has 0 unspecified atom stereocenters. The van der Waals surface area contributed by atoms with Crippen molar-refractivity contribution in [3.05, 3.63) is 40.4 Å². The number of rotatable bonds is 6. The van der Waals surface area contributed by atoms with Crippen molar-refractivity contribution >= 4 is 22.2 Å². The summed E-state index contributed by atoms with van der Waals surface area (Å²) in [4.78, 5) is 15.1. The highest BCUT2D eigenvalue weighted by molar-refractivity contribution is 9.10. The highest BCUT2D eigenvalue weighted by Crippen LogP contribution is 2.37. The van der Waals surface area contributed by atoms with E-state index in [2.05, 4.69) is 20.9 Å². The third-order valence-electron chi connectivity index (χ3n) is 2.73. The number of ether oxygens (including phenoxy) is 2. The van der Waals surface area contributed by atoms with Crippen LogP contribution in [0, 0.1) is 0 Å². The van der Waals surface area contributed by atoms with E-state index in [1.54, 1.807) is 18.3 Å². The number of carbonyl (C=O) groups excluding carboxylic acids is 1. The van der Waals surface area contributed by atoms with Crippen LogP contribution in [0.5, 0.6) is 11.5 Å². The van der Waals surface area contributed by atoms with E-state index in [9.17, 15) is 4.79 Å². The van der Waals surface area contributed by atoms with Gasteiger partial charge in [-0.1, -0.05) is 0 Å². The van der Waals surface area contributed by atoms with Gasteiger partial charge in [0.25, 0.3) is 0 Å². The Balaban J connectivity index is 2.25. The molecule has 0 radical (unpaired) electrons. The Kier molecular flexibility index (Phi) is 4.79. The fourth-order valence-electron chi connectivity index (χ4n) is 1.73. The zero-order chi connectivity index (χ0) is 14.5. The molecule has 0 aliphatic carbocycles. The second-order valence-electron chi connectivity index (χ2n) is 4.12. The molecule has 20 heavy (non-hydrogen) atoms. The summed E-state index contributed by atoms with van der Waals surface area (Å²) in [7, 11) is 1.90. The van der Waals surface area contributed by atoms with E-state index in [0.29, 0.717) is 34.7 Å². The highest BCUT2D eigenvalue weighted by atomic mass is 79.9. The van der Waals surface area contributed by atoms with Crippen molar-refractivity contribution in [2.45, 2.75) is 13.5 Å². The summed E-state index contributed by atoms with van der Waals surface area (Å²) in [5.74, 6) is 1.91. The van der Waals surface area contributed by atoms with Gasteiger partial charge in [-0.25, -0.2) is 4.98 Å². The number of benzene rings is 1. The molecule has 2 rings (SSSR count). The first kappa shape index (κ1) is 14.6. The molecule has 0 saturated heterocycles. The molecule has 1 aromatic heterocycles. The van der Waals surface area contributed by atoms with E-state index in [0.717, 1.165) is 12.1 Å². The van der Waals surface area contributed by atoms with Gasteiger partial charge in [0.2, 0.25) is 0 Å². The van der Waals surface area contributed by atoms with E-state index in [1.165, 1.54) is 0 Å². The molecule has 0 aliphatic heterocycles. The quantitative estimate of drug-likeness (QED) is 0.760. The van der Waals surface area contributed by atoms with Crippen molar-refractivity contribution in [2.24, 2.45) is 7.05 Å². The molecule has 0 bridgehead atoms. The molecule has 0 amide bonds. The van der Waals surface area contributed by atoms with Crippen LogP contribution in [-0.4, -0.2) is 22.4 Å². The summed E-state index contributed by atoms with van der Waals surface area (Å²) >= 11 is 3.40. The van der Waals surface area contributed by atoms with Crippen molar-refractivity contribution in [1.82, 2.24) is 9.55 Å². The lowest BCUT2D eigenvalue weighted by atomic mass is 10.2. The zero-order valence-corrected chi connectivity index (χ0v) is 12.9. The van der Waals surface area contributed by atoms with Crippen molar-refractivity contribution in [2.75, 3.05) is 6.61 Å². The molecule has 5 nitrogen and oxygen atoms in total. The van der Waals surface area contributed by atoms with Gasteiger partial charge in [-0.3, -0.25) is 4.79 Å². The number of aryl methyl sites for hydroxylation is 1. The second kappa shape index (κ2) is 6.56. The predicted molar refractivity (Wildman–Crippen MR) is 78.2 cm³/mol. The first-order valence-electron chi connectivity index (χ1n) is 6.16. The van der Waals surface area contributed by atoms with Gasteiger partial charge in [-0.2, -0.15) is 0 Å². The first-order valence-corrected chi connectivity index (χ1v) is 6.95. The Hall–Kier alpha value is -1.82. The van der Waals surface area contributed by atoms with Gasteiger partial charge in [0.15, 0.2) is 11.5 Å². The molecule has 1 heterocycles. The number of carbonyl (C=O) groups is 1. The van der Waals surface area contributed by atoms with Gasteiger partial charge >= 0.3 is 0 Å². The lowest BCUT2D eigenvalue weighted by Crippen LogP contribution is -2.05. The molecular weight excluding hydrogens is 324 g/mol. The van der Waals surface area contributed by atoms with E-state index >= 15 is 0 Å². The third kappa shape index (κ3) is 3.19. The van der Waals surface area contributed by atoms with Gasteiger partial charge in [-0.05, 0) is 35.0 Å². The zero-order valence-electron chi connectivity index (χ0n) is 11.3. The predicted octanol–water partition coefficient (Wildman–Crippen LogP) is 2.97. The molecule has 1 aromatic carbocycles. The van der Waals surface area contributed by atoms with Crippen LogP contribution in [0.25, 0.3) is 0 Å². The van der Waals surface area contributed by atoms with E-state index in [4.69, 9.17) is 9.47 Å². The number of aldehydes is 1. The Labute approximate surface area is 125 Å². The van der Waals surface area contributed by atoms with Crippen molar-refractivity contribution in [3.8, 4) is 11.5 Å². The van der Waals surface area contributed by atoms with Crippen LogP contribution >= 0.6 is 15.9 Å². The molecule has 0 aliphatic rings. The number of nitrogens with zero attached hydrogens (tertiary/aromatic N) is 2. The molecule has 106 valence electrons. The Morgan fingerprint density at radius 3 is 2.80 bits per heavy atom. The van der Waals surface area contributed by atoms with Gasteiger partial charge in [-0.15, -0.1) is 0 Å². The maximum absolute atomic E-state index is 10.9. The molecule has 2 aromatic rings. The number of halogens is 1. The first-order chi connectivity index (χ1) is 9.65. The Morgan fingerprint density at radius 2 is 2.20 bits per heavy atom. The van der Waals surface area contributed by atoms with Crippen LogP contribution in [-0.2, 0) is 13.7 Å². The van der Waals surface area contributed by atoms with E-state index in [1.807, 2.05) is 24.7 Å². The van der Waals surface area contributed by atoms with Crippen molar-refractivity contribution in [1.29, 1.82) is 0 Å². The summed E-state index contributed by atoms with van der Waals surface area (Å²) < 4.78 is 13.9. The topological polar surface area (TPSA) is 53.4 Å². The van der Waals surface area contributed by atoms with Gasteiger partial charge in [0.05, 0.1) is 11.1 Å². The minimum atomic E-state index is 0.322. The minimum Gasteiger partial charge on any atom is -0.490 e. The molecule has 0 saturated carbocycles. The van der Waals surface area contributed by atoms with Crippen LogP contribution in [0.1, 0.15) is 23.1 Å². The Bertz CT molecular complexity index is 610. The lowest BCUT2D eigenvalue weighted by Gasteiger charge is -2.14. The van der Waals surface area contributed by atoms with Gasteiger partial charge < -0.3 is 14.0 Å². The van der Waals surface area contributed by atoms with E-state index < -0.39 is 0 Å². The SMILES string of the molecule is CCOc1cc(C=O)cc(Br)c1OCc1nccn1C. The monoisotopic (exact) mass is 338 g/mol. The summed E-state index contributed by atoms with van der Waals surface area (Å²) in [6.07, 6.45) is 4.34. The summed E-state index contributed by atoms with van der Waals surface area (Å²) in [5, 5.41) is 0. The van der Waals surface area contributed by atoms with Crippen molar-refractivity contribution < 1.29 is 14.3 Å². The van der Waals surface area contributed by atoms with Gasteiger partial charge in [0, 0.05) is 25.0 Å². The minimum absolute atomic E-state index is 0.322. The highest BCUT2D eigenvalue weighted by Gasteiger charge is 2.13. The smallest absolute Gasteiger partial charge is 0.176 e. The number of hydrogen-bond acceptors (Lipinski definition) is 4. The molecule has 0 fully saturated rings. The Morgan fingerprint density at radius 1 is 1.40 bits per heavy atom. The average Bonchev–Trinajstić information content (AvgIpc) is 2.83. The molecule has 0 N–H and O–H groups in total. The number of aromatic nitrogens is 2. The fraction of sp³-hybridized carbons (Fsp3) is 0.286. The van der Waals surface area contributed by atoms with Crippen LogP contribution in [0.2, 0.25) is 0 Å². The molecular formula is C14H15BrN2O3. The lowest BCUT2D eigenvalue weighted by molar-refractivity contribution is 0.112. The average molecular weight is 339 g/mol. The fourth-order valence-corrected chi connectivity index (χ4v) is 2.31. The summed E-state index contributed by atoms with van der Waals surface area (Å²) in [6, 6.07) is 3.36. The largest absolute Gasteiger partial charge is 0.490 e. The molecule has 6 heteroatoms. The van der Waals surface area contributed by atoms with E-state index in [-0.39, 0.29) is 0 Å². The van der Waals surface area contributed by atoms with Gasteiger partial charge in [0.1, 0.15) is 18.7 Å². The van der Waals surface area contributed by atoms with Crippen molar-refractivity contribution in [3.63, 3.8) is 0 Å². The normalized spacial score (nSPS) is 10.3. The molecule has 0 atom stereocenters. The van der Waals surface area contributed by atoms with Crippen LogP contribution in [0.3, 0.4) is 0 Å². The maximum atomic E-state index is 10.9. The number of imidazole rings is 1. The molecule has 0 spiro atoms. The standard InChI is InChI=1S/C14H15BrN2O3/c1-3-19-12-7-10(8-18)6-11(15)14(12)20-9-13-16-4-5-17(13)2/h4-8H,3,9H2,1-2H3. The number of hydrogen-bond donors (Lipinski definition) is 0. The third-order valence-corrected chi connectivity index (χ3v) is 3.32. The summed E-state index contributed by atoms with van der Waals surface area (Å²) in [5.41, 5.74) is 0.532.